The lowest BCUT2D eigenvalue weighted by Crippen LogP contribution is -2.03. The van der Waals surface area contributed by atoms with Gasteiger partial charge < -0.3 is 4.74 Å². The summed E-state index contributed by atoms with van der Waals surface area (Å²) >= 11 is 0. The maximum atomic E-state index is 11.7. The Bertz CT molecular complexity index is 800. The first-order chi connectivity index (χ1) is 11.0. The van der Waals surface area contributed by atoms with Crippen molar-refractivity contribution in [3.05, 3.63) is 80.4 Å². The number of nitrogens with zero attached hydrogens (tertiary/aromatic N) is 2. The third kappa shape index (κ3) is 4.46. The van der Waals surface area contributed by atoms with E-state index in [1.807, 2.05) is 0 Å². The van der Waals surface area contributed by atoms with Crippen molar-refractivity contribution >= 4 is 23.4 Å². The van der Waals surface area contributed by atoms with E-state index in [1.54, 1.807) is 6.07 Å². The second kappa shape index (κ2) is 6.94. The molecule has 0 saturated carbocycles. The normalized spacial score (nSPS) is 10.4. The first kappa shape index (κ1) is 15.8. The van der Waals surface area contributed by atoms with Gasteiger partial charge in [0.2, 0.25) is 0 Å². The summed E-state index contributed by atoms with van der Waals surface area (Å²) < 4.78 is 4.94. The van der Waals surface area contributed by atoms with Crippen molar-refractivity contribution in [1.29, 1.82) is 0 Å². The van der Waals surface area contributed by atoms with E-state index < -0.39 is 15.8 Å². The van der Waals surface area contributed by atoms with Crippen LogP contribution in [0, 0.1) is 20.2 Å². The van der Waals surface area contributed by atoms with Crippen molar-refractivity contribution in [3.63, 3.8) is 0 Å². The lowest BCUT2D eigenvalue weighted by atomic mass is 10.2. The van der Waals surface area contributed by atoms with Crippen LogP contribution in [0.15, 0.2) is 54.6 Å². The largest absolute Gasteiger partial charge is 0.423 e. The molecule has 23 heavy (non-hydrogen) atoms. The molecule has 0 saturated heterocycles. The van der Waals surface area contributed by atoms with Crippen molar-refractivity contribution in [2.75, 3.05) is 0 Å². The summed E-state index contributed by atoms with van der Waals surface area (Å²) in [6.45, 7) is 0. The zero-order valence-corrected chi connectivity index (χ0v) is 11.6. The Hall–Kier alpha value is -3.55. The van der Waals surface area contributed by atoms with Crippen LogP contribution >= 0.6 is 0 Å². The van der Waals surface area contributed by atoms with E-state index in [4.69, 9.17) is 4.74 Å². The Labute approximate surface area is 129 Å². The molecule has 0 N–H and O–H groups in total. The molecule has 0 heterocycles. The van der Waals surface area contributed by atoms with Crippen LogP contribution < -0.4 is 4.74 Å². The van der Waals surface area contributed by atoms with Crippen LogP contribution in [0.2, 0.25) is 0 Å². The standard InChI is InChI=1S/C15H10N2O6/c18-15(23-14-6-2-5-13(10-14)17(21)22)8-7-11-3-1-4-12(9-11)16(19)20/h1-10H/b8-7+. The highest BCUT2D eigenvalue weighted by atomic mass is 16.6. The fraction of sp³-hybridized carbons (Fsp3) is 0. The fourth-order valence-electron chi connectivity index (χ4n) is 1.72. The number of carbonyl (C=O) groups excluding carboxylic acids is 1. The number of carbonyl (C=O) groups is 1. The summed E-state index contributed by atoms with van der Waals surface area (Å²) in [6.07, 6.45) is 2.44. The molecule has 2 aromatic carbocycles. The number of hydrogen-bond acceptors (Lipinski definition) is 6. The highest BCUT2D eigenvalue weighted by molar-refractivity contribution is 5.88. The van der Waals surface area contributed by atoms with Gasteiger partial charge in [-0.2, -0.15) is 0 Å². The van der Waals surface area contributed by atoms with E-state index in [0.717, 1.165) is 12.1 Å². The van der Waals surface area contributed by atoms with Gasteiger partial charge in [-0.05, 0) is 17.7 Å². The first-order valence-corrected chi connectivity index (χ1v) is 6.34. The number of non-ortho nitro benzene ring substituents is 2. The monoisotopic (exact) mass is 314 g/mol. The van der Waals surface area contributed by atoms with Crippen LogP contribution in [0.1, 0.15) is 5.56 Å². The van der Waals surface area contributed by atoms with E-state index >= 15 is 0 Å². The predicted octanol–water partition coefficient (Wildman–Crippen LogP) is 3.12. The Morgan fingerprint density at radius 3 is 2.22 bits per heavy atom. The predicted molar refractivity (Wildman–Crippen MR) is 80.9 cm³/mol. The molecule has 0 aliphatic rings. The first-order valence-electron chi connectivity index (χ1n) is 6.34. The number of hydrogen-bond donors (Lipinski definition) is 0. The van der Waals surface area contributed by atoms with Gasteiger partial charge >= 0.3 is 5.97 Å². The molecule has 8 heteroatoms. The Kier molecular flexibility index (Phi) is 4.78. The van der Waals surface area contributed by atoms with E-state index in [-0.39, 0.29) is 17.1 Å². The lowest BCUT2D eigenvalue weighted by Gasteiger charge is -2.00. The number of rotatable bonds is 5. The van der Waals surface area contributed by atoms with E-state index in [2.05, 4.69) is 0 Å². The Balaban J connectivity index is 2.07. The van der Waals surface area contributed by atoms with Crippen LogP contribution in [0.4, 0.5) is 11.4 Å². The average Bonchev–Trinajstić information content (AvgIpc) is 2.53. The van der Waals surface area contributed by atoms with Crippen molar-refractivity contribution in [2.24, 2.45) is 0 Å². The summed E-state index contributed by atoms with van der Waals surface area (Å²) in [7, 11) is 0. The lowest BCUT2D eigenvalue weighted by molar-refractivity contribution is -0.385. The van der Waals surface area contributed by atoms with Gasteiger partial charge in [0.1, 0.15) is 5.75 Å². The summed E-state index contributed by atoms with van der Waals surface area (Å²) in [5.41, 5.74) is 0.160. The zero-order valence-electron chi connectivity index (χ0n) is 11.6. The van der Waals surface area contributed by atoms with Crippen LogP contribution in [0.5, 0.6) is 5.75 Å². The van der Waals surface area contributed by atoms with Gasteiger partial charge in [0, 0.05) is 24.3 Å². The molecule has 0 atom stereocenters. The Morgan fingerprint density at radius 2 is 1.57 bits per heavy atom. The van der Waals surface area contributed by atoms with E-state index in [9.17, 15) is 25.0 Å². The summed E-state index contributed by atoms with van der Waals surface area (Å²) in [6, 6.07) is 10.9. The topological polar surface area (TPSA) is 113 Å². The molecule has 0 aliphatic heterocycles. The maximum absolute atomic E-state index is 11.7. The molecule has 0 spiro atoms. The number of benzene rings is 2. The van der Waals surface area contributed by atoms with Crippen molar-refractivity contribution in [2.45, 2.75) is 0 Å². The molecule has 0 unspecified atom stereocenters. The zero-order chi connectivity index (χ0) is 16.8. The minimum absolute atomic E-state index is 0.0351. The molecule has 0 radical (unpaired) electrons. The number of nitro groups is 2. The molecule has 0 bridgehead atoms. The summed E-state index contributed by atoms with van der Waals surface area (Å²) in [4.78, 5) is 31.8. The van der Waals surface area contributed by atoms with E-state index in [0.29, 0.717) is 5.56 Å². The van der Waals surface area contributed by atoms with Crippen LogP contribution in [-0.2, 0) is 4.79 Å². The van der Waals surface area contributed by atoms with Gasteiger partial charge in [-0.15, -0.1) is 0 Å². The second-order valence-electron chi connectivity index (χ2n) is 4.36. The maximum Gasteiger partial charge on any atom is 0.336 e. The average molecular weight is 314 g/mol. The van der Waals surface area contributed by atoms with Crippen LogP contribution in [0.3, 0.4) is 0 Å². The molecule has 0 amide bonds. The molecule has 0 aromatic heterocycles. The van der Waals surface area contributed by atoms with Crippen molar-refractivity contribution in [3.8, 4) is 5.75 Å². The number of ether oxygens (including phenoxy) is 1. The molecular weight excluding hydrogens is 304 g/mol. The molecule has 116 valence electrons. The third-order valence-corrected chi connectivity index (χ3v) is 2.74. The molecule has 0 fully saturated rings. The SMILES string of the molecule is O=C(/C=C/c1cccc([N+](=O)[O-])c1)Oc1cccc([N+](=O)[O-])c1. The quantitative estimate of drug-likeness (QED) is 0.275. The molecule has 2 aromatic rings. The molecule has 0 aliphatic carbocycles. The molecule has 8 nitrogen and oxygen atoms in total. The highest BCUT2D eigenvalue weighted by Crippen LogP contribution is 2.19. The van der Waals surface area contributed by atoms with Crippen LogP contribution in [-0.4, -0.2) is 15.8 Å². The third-order valence-electron chi connectivity index (χ3n) is 2.74. The van der Waals surface area contributed by atoms with Gasteiger partial charge in [0.15, 0.2) is 0 Å². The summed E-state index contributed by atoms with van der Waals surface area (Å²) in [5.74, 6) is -0.718. The van der Waals surface area contributed by atoms with Crippen molar-refractivity contribution in [1.82, 2.24) is 0 Å². The number of esters is 1. The smallest absolute Gasteiger partial charge is 0.336 e. The fourth-order valence-corrected chi connectivity index (χ4v) is 1.72. The van der Waals surface area contributed by atoms with E-state index in [1.165, 1.54) is 42.5 Å². The number of nitro benzene ring substituents is 2. The minimum atomic E-state index is -0.753. The van der Waals surface area contributed by atoms with Gasteiger partial charge in [-0.1, -0.05) is 18.2 Å². The minimum Gasteiger partial charge on any atom is -0.423 e. The van der Waals surface area contributed by atoms with Crippen LogP contribution in [0.25, 0.3) is 6.08 Å². The Morgan fingerprint density at radius 1 is 0.957 bits per heavy atom. The van der Waals surface area contributed by atoms with Gasteiger partial charge in [0.05, 0.1) is 15.9 Å². The van der Waals surface area contributed by atoms with Crippen molar-refractivity contribution < 1.29 is 19.4 Å². The highest BCUT2D eigenvalue weighted by Gasteiger charge is 2.08. The second-order valence-corrected chi connectivity index (χ2v) is 4.36. The molecular formula is C15H10N2O6. The van der Waals surface area contributed by atoms with Gasteiger partial charge in [-0.3, -0.25) is 20.2 Å². The summed E-state index contributed by atoms with van der Waals surface area (Å²) in [5, 5.41) is 21.3. The van der Waals surface area contributed by atoms with Gasteiger partial charge in [0.25, 0.3) is 11.4 Å². The molecule has 2 rings (SSSR count). The van der Waals surface area contributed by atoms with Gasteiger partial charge in [-0.25, -0.2) is 4.79 Å².